The summed E-state index contributed by atoms with van der Waals surface area (Å²) in [6, 6.07) is 0. The number of ether oxygens (including phenoxy) is 1. The second kappa shape index (κ2) is 5.80. The van der Waals surface area contributed by atoms with E-state index in [1.807, 2.05) is 0 Å². The number of piperidine rings is 1. The lowest BCUT2D eigenvalue weighted by atomic mass is 10.0. The lowest BCUT2D eigenvalue weighted by Crippen LogP contribution is -2.42. The average molecular weight is 302 g/mol. The molecule has 1 fully saturated rings. The quantitative estimate of drug-likeness (QED) is 0.753. The monoisotopic (exact) mass is 302 g/mol. The number of nitrogens with one attached hydrogen (secondary N) is 1. The van der Waals surface area contributed by atoms with Gasteiger partial charge in [-0.25, -0.2) is 8.42 Å². The molecule has 1 saturated heterocycles. The molecular weight excluding hydrogens is 284 g/mol. The van der Waals surface area contributed by atoms with Crippen LogP contribution in [-0.2, 0) is 19.6 Å². The maximum Gasteiger partial charge on any atom is 0.310 e. The van der Waals surface area contributed by atoms with E-state index in [9.17, 15) is 13.2 Å². The van der Waals surface area contributed by atoms with E-state index in [0.29, 0.717) is 19.4 Å². The molecule has 9 heteroatoms. The Balaban J connectivity index is 2.17. The fraction of sp³-hybridized carbons (Fsp3) is 0.636. The molecule has 0 aromatic carbocycles. The Morgan fingerprint density at radius 3 is 3.00 bits per heavy atom. The van der Waals surface area contributed by atoms with Crippen LogP contribution < -0.4 is 5.73 Å². The number of rotatable bonds is 4. The summed E-state index contributed by atoms with van der Waals surface area (Å²) in [5.74, 6) is -0.776. The number of hydrogen-bond acceptors (Lipinski definition) is 6. The molecule has 2 heterocycles. The molecule has 0 spiro atoms. The number of carbonyl (C=O) groups is 1. The molecule has 1 atom stereocenters. The van der Waals surface area contributed by atoms with Crippen LogP contribution in [0.25, 0.3) is 0 Å². The molecule has 3 N–H and O–H groups in total. The second-order valence-electron chi connectivity index (χ2n) is 4.60. The minimum atomic E-state index is -3.72. The van der Waals surface area contributed by atoms with Crippen LogP contribution in [0.5, 0.6) is 0 Å². The van der Waals surface area contributed by atoms with Gasteiger partial charge in [-0.1, -0.05) is 0 Å². The van der Waals surface area contributed by atoms with E-state index in [0.717, 1.165) is 0 Å². The largest absolute Gasteiger partial charge is 0.466 e. The van der Waals surface area contributed by atoms with Crippen molar-refractivity contribution >= 4 is 21.8 Å². The first kappa shape index (κ1) is 14.8. The van der Waals surface area contributed by atoms with Crippen molar-refractivity contribution in [3.8, 4) is 0 Å². The third-order valence-electron chi connectivity index (χ3n) is 3.25. The zero-order chi connectivity index (χ0) is 14.8. The normalized spacial score (nSPS) is 20.8. The zero-order valence-corrected chi connectivity index (χ0v) is 12.0. The van der Waals surface area contributed by atoms with Crippen molar-refractivity contribution < 1.29 is 17.9 Å². The highest BCUT2D eigenvalue weighted by molar-refractivity contribution is 7.89. The van der Waals surface area contributed by atoms with Crippen LogP contribution in [0.15, 0.2) is 11.1 Å². The van der Waals surface area contributed by atoms with Crippen LogP contribution in [0.1, 0.15) is 19.8 Å². The highest BCUT2D eigenvalue weighted by Gasteiger charge is 2.35. The van der Waals surface area contributed by atoms with Crippen molar-refractivity contribution in [2.45, 2.75) is 24.7 Å². The summed E-state index contributed by atoms with van der Waals surface area (Å²) in [6.45, 7) is 2.49. The Morgan fingerprint density at radius 1 is 1.65 bits per heavy atom. The second-order valence-corrected chi connectivity index (χ2v) is 6.51. The van der Waals surface area contributed by atoms with Gasteiger partial charge < -0.3 is 10.5 Å². The molecule has 112 valence electrons. The third-order valence-corrected chi connectivity index (χ3v) is 5.15. The van der Waals surface area contributed by atoms with Gasteiger partial charge in [0.15, 0.2) is 0 Å². The van der Waals surface area contributed by atoms with Gasteiger partial charge in [-0.2, -0.15) is 9.40 Å². The van der Waals surface area contributed by atoms with E-state index >= 15 is 0 Å². The Morgan fingerprint density at radius 2 is 2.40 bits per heavy atom. The molecule has 1 unspecified atom stereocenters. The lowest BCUT2D eigenvalue weighted by molar-refractivity contribution is -0.149. The Bertz CT molecular complexity index is 583. The molecule has 1 aliphatic rings. The Labute approximate surface area is 117 Å². The van der Waals surface area contributed by atoms with Gasteiger partial charge in [-0.15, -0.1) is 0 Å². The van der Waals surface area contributed by atoms with E-state index in [-0.39, 0.29) is 29.8 Å². The Hall–Kier alpha value is -1.61. The molecule has 2 rings (SSSR count). The number of aromatic amines is 1. The molecule has 1 aromatic heterocycles. The van der Waals surface area contributed by atoms with E-state index in [1.165, 1.54) is 10.5 Å². The maximum absolute atomic E-state index is 12.4. The molecule has 0 amide bonds. The van der Waals surface area contributed by atoms with Gasteiger partial charge in [0, 0.05) is 13.1 Å². The summed E-state index contributed by atoms with van der Waals surface area (Å²) in [7, 11) is -3.72. The third kappa shape index (κ3) is 2.78. The minimum Gasteiger partial charge on any atom is -0.466 e. The van der Waals surface area contributed by atoms with Gasteiger partial charge in [-0.3, -0.25) is 9.89 Å². The van der Waals surface area contributed by atoms with Gasteiger partial charge >= 0.3 is 5.97 Å². The highest BCUT2D eigenvalue weighted by atomic mass is 32.2. The van der Waals surface area contributed by atoms with E-state index in [4.69, 9.17) is 10.5 Å². The predicted octanol–water partition coefficient (Wildman–Crippen LogP) is -0.0443. The number of hydrogen-bond donors (Lipinski definition) is 2. The molecular formula is C11H18N4O4S. The molecule has 0 aliphatic carbocycles. The van der Waals surface area contributed by atoms with Crippen molar-refractivity contribution in [1.82, 2.24) is 14.5 Å². The summed E-state index contributed by atoms with van der Waals surface area (Å²) in [5.41, 5.74) is 5.56. The molecule has 0 radical (unpaired) electrons. The smallest absolute Gasteiger partial charge is 0.310 e. The van der Waals surface area contributed by atoms with E-state index < -0.39 is 15.9 Å². The SMILES string of the molecule is CCOC(=O)C1CCCN(S(=O)(=O)c2cn[nH]c2N)C1. The molecule has 1 aliphatic heterocycles. The summed E-state index contributed by atoms with van der Waals surface area (Å²) in [5, 5.41) is 6.02. The van der Waals surface area contributed by atoms with Gasteiger partial charge in [-0.05, 0) is 19.8 Å². The van der Waals surface area contributed by atoms with Crippen molar-refractivity contribution in [2.24, 2.45) is 5.92 Å². The number of nitrogens with two attached hydrogens (primary N) is 1. The number of carbonyl (C=O) groups excluding carboxylic acids is 1. The fourth-order valence-electron chi connectivity index (χ4n) is 2.24. The van der Waals surface area contributed by atoms with E-state index in [1.54, 1.807) is 6.92 Å². The summed E-state index contributed by atoms with van der Waals surface area (Å²) in [4.78, 5) is 11.7. The first-order chi connectivity index (χ1) is 9.46. The van der Waals surface area contributed by atoms with Gasteiger partial charge in [0.1, 0.15) is 10.7 Å². The number of nitrogens with zero attached hydrogens (tertiary/aromatic N) is 2. The predicted molar refractivity (Wildman–Crippen MR) is 71.1 cm³/mol. The molecule has 1 aromatic rings. The molecule has 8 nitrogen and oxygen atoms in total. The fourth-order valence-corrected chi connectivity index (χ4v) is 3.78. The van der Waals surface area contributed by atoms with Crippen LogP contribution in [0.4, 0.5) is 5.82 Å². The lowest BCUT2D eigenvalue weighted by Gasteiger charge is -2.30. The number of aromatic nitrogens is 2. The van der Waals surface area contributed by atoms with Gasteiger partial charge in [0.2, 0.25) is 10.0 Å². The summed E-state index contributed by atoms with van der Waals surface area (Å²) < 4.78 is 31.1. The van der Waals surface area contributed by atoms with E-state index in [2.05, 4.69) is 10.2 Å². The van der Waals surface area contributed by atoms with Crippen LogP contribution >= 0.6 is 0 Å². The first-order valence-electron chi connectivity index (χ1n) is 6.42. The highest BCUT2D eigenvalue weighted by Crippen LogP contribution is 2.26. The van der Waals surface area contributed by atoms with Crippen LogP contribution in [0.3, 0.4) is 0 Å². The van der Waals surface area contributed by atoms with Crippen LogP contribution in [0, 0.1) is 5.92 Å². The van der Waals surface area contributed by atoms with Crippen molar-refractivity contribution in [2.75, 3.05) is 25.4 Å². The molecule has 0 bridgehead atoms. The van der Waals surface area contributed by atoms with Crippen molar-refractivity contribution in [1.29, 1.82) is 0 Å². The first-order valence-corrected chi connectivity index (χ1v) is 7.86. The summed E-state index contributed by atoms with van der Waals surface area (Å²) >= 11 is 0. The number of H-pyrrole nitrogens is 1. The molecule has 0 saturated carbocycles. The van der Waals surface area contributed by atoms with Crippen LogP contribution in [0.2, 0.25) is 0 Å². The standard InChI is InChI=1S/C11H18N4O4S/c1-2-19-11(16)8-4-3-5-15(7-8)20(17,18)9-6-13-14-10(9)12/h6,8H,2-5,7H2,1H3,(H3,12,13,14). The van der Waals surface area contributed by atoms with Gasteiger partial charge in [0.05, 0.1) is 18.7 Å². The minimum absolute atomic E-state index is 0.00302. The zero-order valence-electron chi connectivity index (χ0n) is 11.2. The number of esters is 1. The van der Waals surface area contributed by atoms with Crippen molar-refractivity contribution in [3.05, 3.63) is 6.20 Å². The number of sulfonamides is 1. The number of nitrogen functional groups attached to an aromatic ring is 1. The summed E-state index contributed by atoms with van der Waals surface area (Å²) in [6.07, 6.45) is 2.42. The topological polar surface area (TPSA) is 118 Å². The van der Waals surface area contributed by atoms with Crippen molar-refractivity contribution in [3.63, 3.8) is 0 Å². The average Bonchev–Trinajstić information content (AvgIpc) is 2.86. The van der Waals surface area contributed by atoms with Crippen LogP contribution in [-0.4, -0.2) is 48.6 Å². The van der Waals surface area contributed by atoms with Gasteiger partial charge in [0.25, 0.3) is 0 Å². The maximum atomic E-state index is 12.4. The Kier molecular flexibility index (Phi) is 4.29. The number of anilines is 1. The molecule has 20 heavy (non-hydrogen) atoms.